The molecule has 1 heteroatoms. The van der Waals surface area contributed by atoms with Gasteiger partial charge in [0.2, 0.25) is 0 Å². The van der Waals surface area contributed by atoms with Crippen molar-refractivity contribution in [2.24, 2.45) is 5.92 Å². The molecule has 0 N–H and O–H groups in total. The number of hydrogen-bond acceptors (Lipinski definition) is 0. The van der Waals surface area contributed by atoms with E-state index >= 15 is 0 Å². The third kappa shape index (κ3) is 0.386. The van der Waals surface area contributed by atoms with E-state index in [1.54, 1.807) is 0 Å². The first-order valence-corrected chi connectivity index (χ1v) is 1.95. The second kappa shape index (κ2) is 0.975. The highest BCUT2D eigenvalue weighted by molar-refractivity contribution is 5.07. The molecule has 0 spiro atoms. The van der Waals surface area contributed by atoms with Gasteiger partial charge >= 0.3 is 0 Å². The van der Waals surface area contributed by atoms with Crippen LogP contribution >= 0.6 is 0 Å². The molecular formula is C5H5F. The zero-order valence-electron chi connectivity index (χ0n) is 3.32. The molecule has 0 nitrogen and oxygen atoms in total. The average molecular weight is 84.1 g/mol. The van der Waals surface area contributed by atoms with Crippen LogP contribution < -0.4 is 0 Å². The Hall–Kier alpha value is -0.510. The molecule has 32 valence electrons. The molecule has 1 saturated carbocycles. The number of hydrogen-bond donors (Lipinski definition) is 0. The smallest absolute Gasteiger partial charge is 0.115 e. The Morgan fingerprint density at radius 1 is 1.83 bits per heavy atom. The molecule has 0 aromatic rings. The standard InChI is InChI=1S/C5H5F/c1-2-4-3-5(4)6/h1,4-5H,3H2/t4-,5+/m1/s1. The minimum Gasteiger partial charge on any atom is -0.246 e. The zero-order chi connectivity index (χ0) is 4.57. The van der Waals surface area contributed by atoms with Crippen LogP contribution in [0.25, 0.3) is 0 Å². The SMILES string of the molecule is C#C[C@@H]1C[C@@H]1F. The van der Waals surface area contributed by atoms with E-state index in [0.29, 0.717) is 6.42 Å². The number of terminal acetylenes is 1. The lowest BCUT2D eigenvalue weighted by molar-refractivity contribution is 0.465. The first kappa shape index (κ1) is 3.67. The average Bonchev–Trinajstić information content (AvgIpc) is 2.19. The minimum atomic E-state index is -0.671. The summed E-state index contributed by atoms with van der Waals surface area (Å²) in [5.41, 5.74) is 0. The summed E-state index contributed by atoms with van der Waals surface area (Å²) in [6.07, 6.45) is 4.76. The predicted molar refractivity (Wildman–Crippen MR) is 21.8 cm³/mol. The summed E-state index contributed by atoms with van der Waals surface area (Å²) in [5.74, 6) is 2.28. The molecule has 0 saturated heterocycles. The lowest BCUT2D eigenvalue weighted by Crippen LogP contribution is -1.68. The summed E-state index contributed by atoms with van der Waals surface area (Å²) in [7, 11) is 0. The van der Waals surface area contributed by atoms with Crippen molar-refractivity contribution in [1.82, 2.24) is 0 Å². The predicted octanol–water partition coefficient (Wildman–Crippen LogP) is 0.978. The lowest BCUT2D eigenvalue weighted by atomic mass is 10.5. The van der Waals surface area contributed by atoms with Gasteiger partial charge in [-0.15, -0.1) is 12.3 Å². The Morgan fingerprint density at radius 3 is 2.33 bits per heavy atom. The molecule has 1 fully saturated rings. The molecule has 1 aliphatic rings. The Morgan fingerprint density at radius 2 is 2.33 bits per heavy atom. The number of alkyl halides is 1. The minimum absolute atomic E-state index is 0.0370. The highest BCUT2D eigenvalue weighted by Crippen LogP contribution is 2.32. The van der Waals surface area contributed by atoms with Crippen LogP contribution in [0.5, 0.6) is 0 Å². The third-order valence-electron chi connectivity index (χ3n) is 0.927. The monoisotopic (exact) mass is 84.0 g/mol. The van der Waals surface area contributed by atoms with E-state index in [-0.39, 0.29) is 5.92 Å². The summed E-state index contributed by atoms with van der Waals surface area (Å²) in [6.45, 7) is 0. The van der Waals surface area contributed by atoms with Gasteiger partial charge in [-0.25, -0.2) is 4.39 Å². The molecule has 0 aliphatic heterocycles. The summed E-state index contributed by atoms with van der Waals surface area (Å²) >= 11 is 0. The van der Waals surface area contributed by atoms with Gasteiger partial charge in [-0.1, -0.05) is 0 Å². The molecule has 1 rings (SSSR count). The maximum absolute atomic E-state index is 11.6. The Balaban J connectivity index is 2.31. The molecule has 6 heavy (non-hydrogen) atoms. The van der Waals surface area contributed by atoms with Gasteiger partial charge in [0.15, 0.2) is 0 Å². The van der Waals surface area contributed by atoms with Gasteiger partial charge in [0.1, 0.15) is 6.17 Å². The van der Waals surface area contributed by atoms with E-state index in [2.05, 4.69) is 5.92 Å². The van der Waals surface area contributed by atoms with E-state index < -0.39 is 6.17 Å². The molecular weight excluding hydrogens is 79.1 g/mol. The van der Waals surface area contributed by atoms with Gasteiger partial charge in [0, 0.05) is 0 Å². The van der Waals surface area contributed by atoms with Crippen molar-refractivity contribution in [3.8, 4) is 12.3 Å². The molecule has 2 atom stereocenters. The fourth-order valence-corrected chi connectivity index (χ4v) is 0.336. The van der Waals surface area contributed by atoms with Gasteiger partial charge in [-0.05, 0) is 6.42 Å². The van der Waals surface area contributed by atoms with Gasteiger partial charge in [-0.3, -0.25) is 0 Å². The lowest BCUT2D eigenvalue weighted by Gasteiger charge is -1.65. The van der Waals surface area contributed by atoms with Crippen molar-refractivity contribution < 1.29 is 4.39 Å². The van der Waals surface area contributed by atoms with Crippen LogP contribution in [-0.2, 0) is 0 Å². The van der Waals surface area contributed by atoms with Crippen LogP contribution in [0.1, 0.15) is 6.42 Å². The van der Waals surface area contributed by atoms with Crippen LogP contribution in [0.2, 0.25) is 0 Å². The number of rotatable bonds is 0. The van der Waals surface area contributed by atoms with Gasteiger partial charge in [-0.2, -0.15) is 0 Å². The van der Waals surface area contributed by atoms with Gasteiger partial charge in [0.25, 0.3) is 0 Å². The Kier molecular flexibility index (Phi) is 0.597. The van der Waals surface area contributed by atoms with Crippen LogP contribution in [0.15, 0.2) is 0 Å². The summed E-state index contributed by atoms with van der Waals surface area (Å²) in [5, 5.41) is 0. The largest absolute Gasteiger partial charge is 0.246 e. The van der Waals surface area contributed by atoms with Crippen molar-refractivity contribution >= 4 is 0 Å². The van der Waals surface area contributed by atoms with Crippen LogP contribution in [0, 0.1) is 18.3 Å². The fraction of sp³-hybridized carbons (Fsp3) is 0.600. The molecule has 0 bridgehead atoms. The second-order valence-corrected chi connectivity index (χ2v) is 1.52. The van der Waals surface area contributed by atoms with Crippen LogP contribution in [0.4, 0.5) is 4.39 Å². The molecule has 1 aliphatic carbocycles. The highest BCUT2D eigenvalue weighted by Gasteiger charge is 2.35. The van der Waals surface area contributed by atoms with Crippen LogP contribution in [0.3, 0.4) is 0 Å². The van der Waals surface area contributed by atoms with Gasteiger partial charge < -0.3 is 0 Å². The normalized spacial score (nSPS) is 41.3. The highest BCUT2D eigenvalue weighted by atomic mass is 19.1. The summed E-state index contributed by atoms with van der Waals surface area (Å²) in [6, 6.07) is 0. The Labute approximate surface area is 36.4 Å². The molecule has 0 heterocycles. The van der Waals surface area contributed by atoms with E-state index in [1.165, 1.54) is 0 Å². The van der Waals surface area contributed by atoms with E-state index in [0.717, 1.165) is 0 Å². The molecule has 0 radical (unpaired) electrons. The first-order chi connectivity index (χ1) is 2.84. The fourth-order valence-electron chi connectivity index (χ4n) is 0.336. The molecule has 0 aromatic heterocycles. The molecule has 0 amide bonds. The summed E-state index contributed by atoms with van der Waals surface area (Å²) < 4.78 is 11.6. The van der Waals surface area contributed by atoms with E-state index in [4.69, 9.17) is 6.42 Å². The van der Waals surface area contributed by atoms with Crippen molar-refractivity contribution in [3.05, 3.63) is 0 Å². The van der Waals surface area contributed by atoms with Crippen molar-refractivity contribution in [1.29, 1.82) is 0 Å². The second-order valence-electron chi connectivity index (χ2n) is 1.52. The maximum Gasteiger partial charge on any atom is 0.115 e. The zero-order valence-corrected chi connectivity index (χ0v) is 3.32. The molecule has 0 aromatic carbocycles. The van der Waals surface area contributed by atoms with Crippen molar-refractivity contribution in [2.75, 3.05) is 0 Å². The van der Waals surface area contributed by atoms with E-state index in [1.807, 2.05) is 0 Å². The van der Waals surface area contributed by atoms with Crippen LogP contribution in [-0.4, -0.2) is 6.17 Å². The quantitative estimate of drug-likeness (QED) is 0.384. The third-order valence-corrected chi connectivity index (χ3v) is 0.927. The first-order valence-electron chi connectivity index (χ1n) is 1.95. The topological polar surface area (TPSA) is 0 Å². The number of halogens is 1. The van der Waals surface area contributed by atoms with E-state index in [9.17, 15) is 4.39 Å². The van der Waals surface area contributed by atoms with Gasteiger partial charge in [0.05, 0.1) is 5.92 Å². The van der Waals surface area contributed by atoms with Crippen molar-refractivity contribution in [2.45, 2.75) is 12.6 Å². The Bertz CT molecular complexity index is 90.6. The summed E-state index contributed by atoms with van der Waals surface area (Å²) in [4.78, 5) is 0. The molecule has 0 unspecified atom stereocenters. The van der Waals surface area contributed by atoms with Crippen molar-refractivity contribution in [3.63, 3.8) is 0 Å². The maximum atomic E-state index is 11.6.